The molecule has 0 aliphatic heterocycles. The van der Waals surface area contributed by atoms with Gasteiger partial charge in [-0.2, -0.15) is 4.39 Å². The van der Waals surface area contributed by atoms with Crippen LogP contribution < -0.4 is 4.74 Å². The maximum atomic E-state index is 12.7. The standard InChI is InChI=1S/C12H13F3O3/c1-6-5-8(18-11(15)10(13)14)3-4-9(6)7(2)12(16)17/h3-5,7,10-11H,1-2H3,(H,16,17). The van der Waals surface area contributed by atoms with Crippen LogP contribution in [-0.2, 0) is 4.79 Å². The number of ether oxygens (including phenoxy) is 1. The number of hydrogen-bond donors (Lipinski definition) is 1. The number of rotatable bonds is 5. The van der Waals surface area contributed by atoms with Gasteiger partial charge >= 0.3 is 12.4 Å². The van der Waals surface area contributed by atoms with Gasteiger partial charge in [0.2, 0.25) is 0 Å². The fraction of sp³-hybridized carbons (Fsp3) is 0.417. The Bertz CT molecular complexity index is 435. The Kier molecular flexibility index (Phi) is 4.58. The predicted molar refractivity (Wildman–Crippen MR) is 58.8 cm³/mol. The van der Waals surface area contributed by atoms with Gasteiger partial charge in [-0.1, -0.05) is 6.07 Å². The zero-order chi connectivity index (χ0) is 13.9. The molecule has 0 radical (unpaired) electrons. The van der Waals surface area contributed by atoms with Crippen LogP contribution in [-0.4, -0.2) is 23.9 Å². The van der Waals surface area contributed by atoms with Crippen molar-refractivity contribution in [3.63, 3.8) is 0 Å². The van der Waals surface area contributed by atoms with Crippen molar-refractivity contribution in [1.82, 2.24) is 0 Å². The van der Waals surface area contributed by atoms with Gasteiger partial charge in [-0.15, -0.1) is 0 Å². The molecule has 1 rings (SSSR count). The summed E-state index contributed by atoms with van der Waals surface area (Å²) in [5, 5.41) is 8.86. The Labute approximate surface area is 102 Å². The molecule has 0 heterocycles. The van der Waals surface area contributed by atoms with Gasteiger partial charge in [0.1, 0.15) is 5.75 Å². The number of halogens is 3. The average molecular weight is 262 g/mol. The maximum Gasteiger partial charge on any atom is 0.310 e. The smallest absolute Gasteiger partial charge is 0.310 e. The third-order valence-corrected chi connectivity index (χ3v) is 2.52. The number of carbonyl (C=O) groups is 1. The summed E-state index contributed by atoms with van der Waals surface area (Å²) in [6.45, 7) is 3.11. The summed E-state index contributed by atoms with van der Waals surface area (Å²) >= 11 is 0. The Balaban J connectivity index is 2.89. The molecule has 2 atom stereocenters. The number of aliphatic carboxylic acids is 1. The van der Waals surface area contributed by atoms with Crippen molar-refractivity contribution in [2.24, 2.45) is 0 Å². The molecule has 0 aliphatic carbocycles. The molecule has 3 nitrogen and oxygen atoms in total. The second-order valence-corrected chi connectivity index (χ2v) is 3.88. The molecule has 0 fully saturated rings. The van der Waals surface area contributed by atoms with Gasteiger partial charge < -0.3 is 9.84 Å². The van der Waals surface area contributed by atoms with E-state index >= 15 is 0 Å². The number of benzene rings is 1. The topological polar surface area (TPSA) is 46.5 Å². The number of aryl methyl sites for hydroxylation is 1. The van der Waals surface area contributed by atoms with Gasteiger partial charge in [-0.25, -0.2) is 8.78 Å². The van der Waals surface area contributed by atoms with Crippen molar-refractivity contribution in [2.75, 3.05) is 0 Å². The van der Waals surface area contributed by atoms with Crippen molar-refractivity contribution in [3.05, 3.63) is 29.3 Å². The van der Waals surface area contributed by atoms with Crippen molar-refractivity contribution >= 4 is 5.97 Å². The third-order valence-electron chi connectivity index (χ3n) is 2.52. The molecule has 0 spiro atoms. The van der Waals surface area contributed by atoms with Crippen LogP contribution in [0.25, 0.3) is 0 Å². The molecule has 1 N–H and O–H groups in total. The highest BCUT2D eigenvalue weighted by molar-refractivity contribution is 5.76. The Morgan fingerprint density at radius 3 is 2.39 bits per heavy atom. The largest absolute Gasteiger partial charge is 0.481 e. The minimum absolute atomic E-state index is 0.0540. The molecule has 6 heteroatoms. The van der Waals surface area contributed by atoms with Gasteiger partial charge in [0.15, 0.2) is 0 Å². The zero-order valence-corrected chi connectivity index (χ0v) is 9.86. The Morgan fingerprint density at radius 2 is 1.94 bits per heavy atom. The van der Waals surface area contributed by atoms with Crippen molar-refractivity contribution < 1.29 is 27.8 Å². The van der Waals surface area contributed by atoms with Crippen molar-refractivity contribution in [2.45, 2.75) is 32.5 Å². The van der Waals surface area contributed by atoms with Gasteiger partial charge in [-0.05, 0) is 37.1 Å². The van der Waals surface area contributed by atoms with Crippen LogP contribution in [0.4, 0.5) is 13.2 Å². The Hall–Kier alpha value is -1.72. The summed E-state index contributed by atoms with van der Waals surface area (Å²) in [7, 11) is 0. The second-order valence-electron chi connectivity index (χ2n) is 3.88. The third kappa shape index (κ3) is 3.38. The van der Waals surface area contributed by atoms with Gasteiger partial charge in [0.25, 0.3) is 6.36 Å². The van der Waals surface area contributed by atoms with Crippen LogP contribution in [0.3, 0.4) is 0 Å². The number of alkyl halides is 3. The first-order valence-electron chi connectivity index (χ1n) is 5.25. The molecule has 0 saturated carbocycles. The van der Waals surface area contributed by atoms with Gasteiger partial charge in [-0.3, -0.25) is 4.79 Å². The number of hydrogen-bond acceptors (Lipinski definition) is 2. The summed E-state index contributed by atoms with van der Waals surface area (Å²) in [4.78, 5) is 10.8. The highest BCUT2D eigenvalue weighted by Gasteiger charge is 2.22. The molecule has 2 unspecified atom stereocenters. The number of carboxylic acid groups (broad SMARTS) is 1. The fourth-order valence-corrected chi connectivity index (χ4v) is 1.52. The minimum atomic E-state index is -3.22. The lowest BCUT2D eigenvalue weighted by molar-refractivity contribution is -0.138. The summed E-state index contributed by atoms with van der Waals surface area (Å²) in [5.74, 6) is -1.78. The molecule has 0 bridgehead atoms. The van der Waals surface area contributed by atoms with Crippen LogP contribution in [0, 0.1) is 6.92 Å². The van der Waals surface area contributed by atoms with Gasteiger partial charge in [0.05, 0.1) is 5.92 Å². The van der Waals surface area contributed by atoms with Crippen LogP contribution in [0.15, 0.2) is 18.2 Å². The van der Waals surface area contributed by atoms with Crippen LogP contribution in [0.2, 0.25) is 0 Å². The van der Waals surface area contributed by atoms with Crippen LogP contribution >= 0.6 is 0 Å². The van der Waals surface area contributed by atoms with Gasteiger partial charge in [0, 0.05) is 0 Å². The first-order valence-corrected chi connectivity index (χ1v) is 5.25. The molecule has 0 saturated heterocycles. The monoisotopic (exact) mass is 262 g/mol. The lowest BCUT2D eigenvalue weighted by atomic mass is 9.96. The van der Waals surface area contributed by atoms with Crippen LogP contribution in [0.1, 0.15) is 24.0 Å². The Morgan fingerprint density at radius 1 is 1.33 bits per heavy atom. The SMILES string of the molecule is Cc1cc(OC(F)C(F)F)ccc1C(C)C(=O)O. The minimum Gasteiger partial charge on any atom is -0.481 e. The average Bonchev–Trinajstić information content (AvgIpc) is 2.28. The first-order chi connectivity index (χ1) is 8.32. The lowest BCUT2D eigenvalue weighted by Gasteiger charge is -2.14. The summed E-state index contributed by atoms with van der Waals surface area (Å²) in [5.41, 5.74) is 1.08. The molecular formula is C12H13F3O3. The van der Waals surface area contributed by atoms with E-state index in [0.717, 1.165) is 0 Å². The van der Waals surface area contributed by atoms with E-state index in [2.05, 4.69) is 4.74 Å². The fourth-order valence-electron chi connectivity index (χ4n) is 1.52. The normalized spacial score (nSPS) is 14.3. The van der Waals surface area contributed by atoms with E-state index in [9.17, 15) is 18.0 Å². The molecule has 0 aromatic heterocycles. The van der Waals surface area contributed by atoms with E-state index < -0.39 is 24.7 Å². The highest BCUT2D eigenvalue weighted by Crippen LogP contribution is 2.25. The molecule has 0 amide bonds. The van der Waals surface area contributed by atoms with E-state index in [1.807, 2.05) is 0 Å². The number of carboxylic acids is 1. The van der Waals surface area contributed by atoms with E-state index in [0.29, 0.717) is 11.1 Å². The second kappa shape index (κ2) is 5.75. The quantitative estimate of drug-likeness (QED) is 0.886. The molecule has 1 aromatic carbocycles. The predicted octanol–water partition coefficient (Wildman–Crippen LogP) is 3.12. The first kappa shape index (κ1) is 14.3. The van der Waals surface area contributed by atoms with Crippen molar-refractivity contribution in [1.29, 1.82) is 0 Å². The lowest BCUT2D eigenvalue weighted by Crippen LogP contribution is -2.19. The molecule has 18 heavy (non-hydrogen) atoms. The maximum absolute atomic E-state index is 12.7. The van der Waals surface area contributed by atoms with Crippen molar-refractivity contribution in [3.8, 4) is 5.75 Å². The summed E-state index contributed by atoms with van der Waals surface area (Å²) < 4.78 is 41.0. The van der Waals surface area contributed by atoms with E-state index in [-0.39, 0.29) is 5.75 Å². The molecular weight excluding hydrogens is 249 g/mol. The summed E-state index contributed by atoms with van der Waals surface area (Å²) in [6, 6.07) is 4.04. The molecule has 1 aromatic rings. The van der Waals surface area contributed by atoms with E-state index in [4.69, 9.17) is 5.11 Å². The molecule has 0 aliphatic rings. The highest BCUT2D eigenvalue weighted by atomic mass is 19.3. The summed E-state index contributed by atoms with van der Waals surface area (Å²) in [6.07, 6.45) is -5.91. The van der Waals surface area contributed by atoms with E-state index in [1.165, 1.54) is 25.1 Å². The van der Waals surface area contributed by atoms with Crippen LogP contribution in [0.5, 0.6) is 5.75 Å². The molecule has 100 valence electrons. The van der Waals surface area contributed by atoms with E-state index in [1.54, 1.807) is 6.92 Å². The zero-order valence-electron chi connectivity index (χ0n) is 9.86.